The third kappa shape index (κ3) is 3.57. The molecule has 0 amide bonds. The molecule has 0 aliphatic heterocycles. The summed E-state index contributed by atoms with van der Waals surface area (Å²) in [5, 5.41) is 4.51. The summed E-state index contributed by atoms with van der Waals surface area (Å²) in [6.07, 6.45) is 3.48. The largest absolute Gasteiger partial charge is 0.486 e. The van der Waals surface area contributed by atoms with E-state index in [1.54, 1.807) is 6.20 Å². The minimum Gasteiger partial charge on any atom is -0.486 e. The normalized spacial score (nSPS) is 10.8. The van der Waals surface area contributed by atoms with Gasteiger partial charge in [-0.1, -0.05) is 6.92 Å². The zero-order valence-corrected chi connectivity index (χ0v) is 12.2. The van der Waals surface area contributed by atoms with E-state index in [-0.39, 0.29) is 0 Å². The molecule has 0 saturated heterocycles. The fourth-order valence-corrected chi connectivity index (χ4v) is 2.03. The number of aryl methyl sites for hydroxylation is 2. The second-order valence-electron chi connectivity index (χ2n) is 4.61. The molecule has 2 aromatic rings. The van der Waals surface area contributed by atoms with Crippen LogP contribution in [0, 0.1) is 0 Å². The predicted octanol–water partition coefficient (Wildman–Crippen LogP) is 1.94. The average molecular weight is 274 g/mol. The van der Waals surface area contributed by atoms with Crippen LogP contribution in [0.25, 0.3) is 0 Å². The topological polar surface area (TPSA) is 66.0 Å². The summed E-state index contributed by atoms with van der Waals surface area (Å²) in [5.74, 6) is 0.771. The Labute approximate surface area is 119 Å². The summed E-state index contributed by atoms with van der Waals surface area (Å²) in [6.45, 7) is 6.17. The van der Waals surface area contributed by atoms with Gasteiger partial charge in [-0.2, -0.15) is 5.10 Å². The van der Waals surface area contributed by atoms with Crippen molar-refractivity contribution in [2.45, 2.75) is 39.8 Å². The van der Waals surface area contributed by atoms with Gasteiger partial charge in [-0.25, -0.2) is 0 Å². The molecule has 0 saturated carbocycles. The molecule has 0 atom stereocenters. The SMILES string of the molecule is CCc1cc(COc2ccc(CCN)nc2)n(CC)n1. The monoisotopic (exact) mass is 274 g/mol. The van der Waals surface area contributed by atoms with E-state index < -0.39 is 0 Å². The van der Waals surface area contributed by atoms with Gasteiger partial charge in [0.1, 0.15) is 12.4 Å². The zero-order chi connectivity index (χ0) is 14.4. The first-order chi connectivity index (χ1) is 9.76. The van der Waals surface area contributed by atoms with Crippen LogP contribution in [0.3, 0.4) is 0 Å². The lowest BCUT2D eigenvalue weighted by molar-refractivity contribution is 0.291. The molecule has 0 unspecified atom stereocenters. The van der Waals surface area contributed by atoms with Crippen LogP contribution in [0.2, 0.25) is 0 Å². The molecule has 20 heavy (non-hydrogen) atoms. The minimum atomic E-state index is 0.513. The molecule has 0 aromatic carbocycles. The fraction of sp³-hybridized carbons (Fsp3) is 0.467. The Morgan fingerprint density at radius 3 is 2.70 bits per heavy atom. The highest BCUT2D eigenvalue weighted by molar-refractivity contribution is 5.20. The number of hydrogen-bond donors (Lipinski definition) is 1. The van der Waals surface area contributed by atoms with Gasteiger partial charge < -0.3 is 10.5 Å². The molecule has 2 rings (SSSR count). The number of nitrogens with zero attached hydrogens (tertiary/aromatic N) is 3. The third-order valence-corrected chi connectivity index (χ3v) is 3.16. The summed E-state index contributed by atoms with van der Waals surface area (Å²) < 4.78 is 7.75. The molecule has 0 bridgehead atoms. The Kier molecular flexibility index (Phi) is 5.12. The van der Waals surface area contributed by atoms with Gasteiger partial charge in [0.05, 0.1) is 17.6 Å². The molecule has 0 aliphatic carbocycles. The molecule has 108 valence electrons. The summed E-state index contributed by atoms with van der Waals surface area (Å²) in [7, 11) is 0. The lowest BCUT2D eigenvalue weighted by atomic mass is 10.3. The number of rotatable bonds is 7. The van der Waals surface area contributed by atoms with Crippen LogP contribution in [-0.2, 0) is 26.0 Å². The number of ether oxygens (including phenoxy) is 1. The highest BCUT2D eigenvalue weighted by Gasteiger charge is 2.06. The first-order valence-electron chi connectivity index (χ1n) is 7.10. The van der Waals surface area contributed by atoms with Gasteiger partial charge in [-0.3, -0.25) is 9.67 Å². The first-order valence-corrected chi connectivity index (χ1v) is 7.10. The molecule has 0 fully saturated rings. The van der Waals surface area contributed by atoms with Gasteiger partial charge in [0, 0.05) is 18.7 Å². The number of aromatic nitrogens is 3. The minimum absolute atomic E-state index is 0.513. The van der Waals surface area contributed by atoms with Gasteiger partial charge in [-0.15, -0.1) is 0 Å². The zero-order valence-electron chi connectivity index (χ0n) is 12.2. The molecule has 2 aromatic heterocycles. The maximum absolute atomic E-state index is 5.77. The molecule has 0 radical (unpaired) electrons. The van der Waals surface area contributed by atoms with Crippen molar-refractivity contribution in [3.8, 4) is 5.75 Å². The molecule has 0 aliphatic rings. The van der Waals surface area contributed by atoms with Gasteiger partial charge in [0.2, 0.25) is 0 Å². The van der Waals surface area contributed by atoms with E-state index >= 15 is 0 Å². The van der Waals surface area contributed by atoms with E-state index in [0.29, 0.717) is 13.2 Å². The number of pyridine rings is 1. The molecule has 0 spiro atoms. The second kappa shape index (κ2) is 7.05. The molecular formula is C15H22N4O. The first kappa shape index (κ1) is 14.5. The lowest BCUT2D eigenvalue weighted by Crippen LogP contribution is -2.07. The van der Waals surface area contributed by atoms with Gasteiger partial charge in [-0.05, 0) is 38.1 Å². The Morgan fingerprint density at radius 1 is 1.25 bits per heavy atom. The number of hydrogen-bond acceptors (Lipinski definition) is 4. The molecule has 2 N–H and O–H groups in total. The van der Waals surface area contributed by atoms with Crippen molar-refractivity contribution < 1.29 is 4.74 Å². The average Bonchev–Trinajstić information content (AvgIpc) is 2.89. The van der Waals surface area contributed by atoms with E-state index in [1.165, 1.54) is 0 Å². The summed E-state index contributed by atoms with van der Waals surface area (Å²) in [5.41, 5.74) is 8.68. The fourth-order valence-electron chi connectivity index (χ4n) is 2.03. The van der Waals surface area contributed by atoms with E-state index in [2.05, 4.69) is 30.0 Å². The van der Waals surface area contributed by atoms with E-state index in [1.807, 2.05) is 16.8 Å². The molecular weight excluding hydrogens is 252 g/mol. The smallest absolute Gasteiger partial charge is 0.138 e. The van der Waals surface area contributed by atoms with Crippen LogP contribution in [0.5, 0.6) is 5.75 Å². The van der Waals surface area contributed by atoms with Crippen LogP contribution in [0.4, 0.5) is 0 Å². The third-order valence-electron chi connectivity index (χ3n) is 3.16. The summed E-state index contributed by atoms with van der Waals surface area (Å²) >= 11 is 0. The maximum Gasteiger partial charge on any atom is 0.138 e. The quantitative estimate of drug-likeness (QED) is 0.838. The Bertz CT molecular complexity index is 533. The molecule has 5 heteroatoms. The van der Waals surface area contributed by atoms with Crippen molar-refractivity contribution in [3.63, 3.8) is 0 Å². The Morgan fingerprint density at radius 2 is 2.10 bits per heavy atom. The van der Waals surface area contributed by atoms with E-state index in [4.69, 9.17) is 10.5 Å². The highest BCUT2D eigenvalue weighted by atomic mass is 16.5. The van der Waals surface area contributed by atoms with Crippen molar-refractivity contribution in [3.05, 3.63) is 41.5 Å². The maximum atomic E-state index is 5.77. The lowest BCUT2D eigenvalue weighted by Gasteiger charge is -2.07. The second-order valence-corrected chi connectivity index (χ2v) is 4.61. The Hall–Kier alpha value is -1.88. The van der Waals surface area contributed by atoms with Crippen molar-refractivity contribution in [2.75, 3.05) is 6.54 Å². The van der Waals surface area contributed by atoms with Crippen molar-refractivity contribution >= 4 is 0 Å². The van der Waals surface area contributed by atoms with Crippen LogP contribution in [-0.4, -0.2) is 21.3 Å². The van der Waals surface area contributed by atoms with E-state index in [0.717, 1.165) is 42.2 Å². The van der Waals surface area contributed by atoms with Crippen LogP contribution < -0.4 is 10.5 Å². The summed E-state index contributed by atoms with van der Waals surface area (Å²) in [6, 6.07) is 5.99. The van der Waals surface area contributed by atoms with E-state index in [9.17, 15) is 0 Å². The van der Waals surface area contributed by atoms with Crippen LogP contribution in [0.1, 0.15) is 30.9 Å². The van der Waals surface area contributed by atoms with Crippen molar-refractivity contribution in [1.82, 2.24) is 14.8 Å². The van der Waals surface area contributed by atoms with Crippen LogP contribution in [0.15, 0.2) is 24.4 Å². The van der Waals surface area contributed by atoms with Crippen LogP contribution >= 0.6 is 0 Å². The van der Waals surface area contributed by atoms with Crippen molar-refractivity contribution in [2.24, 2.45) is 5.73 Å². The standard InChI is InChI=1S/C15H22N4O/c1-3-12-9-14(19(4-2)18-12)11-20-15-6-5-13(7-8-16)17-10-15/h5-6,9-10H,3-4,7-8,11,16H2,1-2H3. The van der Waals surface area contributed by atoms with Gasteiger partial charge in [0.15, 0.2) is 0 Å². The molecule has 2 heterocycles. The highest BCUT2D eigenvalue weighted by Crippen LogP contribution is 2.13. The van der Waals surface area contributed by atoms with Gasteiger partial charge >= 0.3 is 0 Å². The van der Waals surface area contributed by atoms with Gasteiger partial charge in [0.25, 0.3) is 0 Å². The summed E-state index contributed by atoms with van der Waals surface area (Å²) in [4.78, 5) is 4.32. The number of nitrogens with two attached hydrogens (primary N) is 1. The Balaban J connectivity index is 1.99. The predicted molar refractivity (Wildman–Crippen MR) is 78.6 cm³/mol. The van der Waals surface area contributed by atoms with Crippen molar-refractivity contribution in [1.29, 1.82) is 0 Å². The molecule has 5 nitrogen and oxygen atoms in total.